The van der Waals surface area contributed by atoms with Crippen molar-refractivity contribution in [3.05, 3.63) is 83.7 Å². The highest BCUT2D eigenvalue weighted by Gasteiger charge is 2.43. The van der Waals surface area contributed by atoms with Crippen molar-refractivity contribution in [2.75, 3.05) is 6.54 Å². The summed E-state index contributed by atoms with van der Waals surface area (Å²) >= 11 is 0. The van der Waals surface area contributed by atoms with Crippen LogP contribution in [0.5, 0.6) is 0 Å². The smallest absolute Gasteiger partial charge is 0.378 e. The number of H-pyrrole nitrogens is 1. The molecule has 0 bridgehead atoms. The van der Waals surface area contributed by atoms with Gasteiger partial charge in [-0.05, 0) is 18.9 Å². The number of hydrogen-bond acceptors (Lipinski definition) is 9. The number of carbonyl (C=O) groups is 2. The maximum absolute atomic E-state index is 14.1. The van der Waals surface area contributed by atoms with E-state index in [0.29, 0.717) is 11.4 Å². The second-order valence-corrected chi connectivity index (χ2v) is 9.94. The maximum atomic E-state index is 14.1. The molecule has 0 spiro atoms. The standard InChI is InChI=1S/C28H26F3N7O5/c1-27(10-7-17(8-11-27)22(40)24(41)34-12-9-19(39)35-15-18-32-13-14-33-18)26-36-25(43-38-26)23-20(28(29,30)31)21(37-42-23)16-5-3-2-4-6-16/h2-8,10,13-14,22,40H,9,11-12,15H2,1H3,(H,32,33)(H,34,41)(H,35,39). The number of allylic oxidation sites excluding steroid dienone is 2. The molecule has 4 aromatic rings. The van der Waals surface area contributed by atoms with E-state index < -0.39 is 46.5 Å². The van der Waals surface area contributed by atoms with E-state index in [1.54, 1.807) is 49.7 Å². The van der Waals surface area contributed by atoms with Gasteiger partial charge in [-0.1, -0.05) is 58.9 Å². The van der Waals surface area contributed by atoms with Crippen molar-refractivity contribution >= 4 is 11.8 Å². The Labute approximate surface area is 242 Å². The van der Waals surface area contributed by atoms with Gasteiger partial charge in [-0.2, -0.15) is 18.2 Å². The molecule has 43 heavy (non-hydrogen) atoms. The highest BCUT2D eigenvalue weighted by atomic mass is 19.4. The molecule has 2 atom stereocenters. The molecule has 0 saturated carbocycles. The first-order chi connectivity index (χ1) is 20.5. The average molecular weight is 598 g/mol. The molecule has 3 aromatic heterocycles. The number of rotatable bonds is 10. The minimum atomic E-state index is -4.82. The molecule has 0 radical (unpaired) electrons. The quantitative estimate of drug-likeness (QED) is 0.214. The molecule has 15 heteroatoms. The van der Waals surface area contributed by atoms with Crippen LogP contribution in [0.4, 0.5) is 13.2 Å². The summed E-state index contributed by atoms with van der Waals surface area (Å²) in [5, 5.41) is 23.2. The normalized spacial score (nSPS) is 17.4. The summed E-state index contributed by atoms with van der Waals surface area (Å²) in [5.41, 5.74) is -1.96. The first kappa shape index (κ1) is 29.4. The minimum Gasteiger partial charge on any atom is -0.378 e. The van der Waals surface area contributed by atoms with Gasteiger partial charge in [0.15, 0.2) is 11.9 Å². The van der Waals surface area contributed by atoms with Crippen LogP contribution in [0.25, 0.3) is 22.9 Å². The Bertz CT molecular complexity index is 1640. The van der Waals surface area contributed by atoms with Crippen molar-refractivity contribution in [2.24, 2.45) is 0 Å². The molecular weight excluding hydrogens is 571 g/mol. The van der Waals surface area contributed by atoms with Crippen LogP contribution in [0.15, 0.2) is 75.6 Å². The molecule has 0 saturated heterocycles. The van der Waals surface area contributed by atoms with Gasteiger partial charge < -0.3 is 29.8 Å². The monoisotopic (exact) mass is 597 g/mol. The summed E-state index contributed by atoms with van der Waals surface area (Å²) in [7, 11) is 0. The minimum absolute atomic E-state index is 0.000369. The van der Waals surface area contributed by atoms with Gasteiger partial charge in [0, 0.05) is 30.9 Å². The number of halogens is 3. The molecule has 1 aliphatic carbocycles. The summed E-state index contributed by atoms with van der Waals surface area (Å²) in [6.07, 6.45) is 1.79. The van der Waals surface area contributed by atoms with E-state index in [4.69, 9.17) is 9.05 Å². The van der Waals surface area contributed by atoms with E-state index in [9.17, 15) is 27.9 Å². The van der Waals surface area contributed by atoms with E-state index in [2.05, 4.69) is 35.9 Å². The largest absolute Gasteiger partial charge is 0.422 e. The third-order valence-corrected chi connectivity index (χ3v) is 6.78. The number of aliphatic hydroxyl groups is 1. The van der Waals surface area contributed by atoms with Gasteiger partial charge >= 0.3 is 6.18 Å². The molecule has 2 amide bonds. The molecule has 4 N–H and O–H groups in total. The van der Waals surface area contributed by atoms with Gasteiger partial charge in [0.2, 0.25) is 11.7 Å². The lowest BCUT2D eigenvalue weighted by atomic mass is 9.80. The van der Waals surface area contributed by atoms with Crippen molar-refractivity contribution in [1.82, 2.24) is 35.9 Å². The molecule has 1 aliphatic rings. The fraction of sp³-hybridized carbons (Fsp3) is 0.286. The maximum Gasteiger partial charge on any atom is 0.422 e. The lowest BCUT2D eigenvalue weighted by Crippen LogP contribution is -2.38. The summed E-state index contributed by atoms with van der Waals surface area (Å²) in [6.45, 7) is 1.95. The van der Waals surface area contributed by atoms with Crippen molar-refractivity contribution in [1.29, 1.82) is 0 Å². The van der Waals surface area contributed by atoms with Crippen LogP contribution < -0.4 is 10.6 Å². The Kier molecular flexibility index (Phi) is 8.25. The second kappa shape index (κ2) is 12.1. The number of alkyl halides is 3. The Morgan fingerprint density at radius 3 is 2.63 bits per heavy atom. The lowest BCUT2D eigenvalue weighted by Gasteiger charge is -2.25. The van der Waals surface area contributed by atoms with Crippen LogP contribution in [0.1, 0.15) is 37.0 Å². The van der Waals surface area contributed by atoms with Crippen molar-refractivity contribution in [2.45, 2.75) is 44.0 Å². The molecule has 0 aliphatic heterocycles. The average Bonchev–Trinajstić information content (AvgIpc) is 3.77. The third-order valence-electron chi connectivity index (χ3n) is 6.78. The summed E-state index contributed by atoms with van der Waals surface area (Å²) < 4.78 is 52.4. The zero-order valence-electron chi connectivity index (χ0n) is 22.7. The second-order valence-electron chi connectivity index (χ2n) is 9.94. The van der Waals surface area contributed by atoms with Crippen LogP contribution in [-0.4, -0.2) is 54.8 Å². The SMILES string of the molecule is CC1(c2noc(-c3onc(-c4ccccc4)c3C(F)(F)F)n2)C=CC(C(O)C(=O)NCCC(=O)NCc2ncc[nH]2)=CC1. The predicted octanol–water partition coefficient (Wildman–Crippen LogP) is 3.46. The number of amides is 2. The first-order valence-corrected chi connectivity index (χ1v) is 13.1. The zero-order valence-corrected chi connectivity index (χ0v) is 22.7. The summed E-state index contributed by atoms with van der Waals surface area (Å²) in [6, 6.07) is 7.78. The fourth-order valence-corrected chi connectivity index (χ4v) is 4.37. The van der Waals surface area contributed by atoms with Crippen LogP contribution in [0.2, 0.25) is 0 Å². The van der Waals surface area contributed by atoms with Crippen LogP contribution >= 0.6 is 0 Å². The number of aromatic nitrogens is 5. The predicted molar refractivity (Wildman–Crippen MR) is 143 cm³/mol. The van der Waals surface area contributed by atoms with E-state index in [0.717, 1.165) is 0 Å². The molecule has 5 rings (SSSR count). The van der Waals surface area contributed by atoms with Crippen LogP contribution in [0, 0.1) is 0 Å². The Balaban J connectivity index is 1.21. The number of nitrogens with one attached hydrogen (secondary N) is 3. The van der Waals surface area contributed by atoms with Gasteiger partial charge in [0.1, 0.15) is 17.1 Å². The van der Waals surface area contributed by atoms with Gasteiger partial charge in [-0.15, -0.1) is 0 Å². The van der Waals surface area contributed by atoms with Crippen LogP contribution in [0.3, 0.4) is 0 Å². The number of aromatic amines is 1. The number of imidazole rings is 1. The molecular formula is C28H26F3N7O5. The topological polar surface area (TPSA) is 172 Å². The zero-order chi connectivity index (χ0) is 30.6. The van der Waals surface area contributed by atoms with Crippen molar-refractivity contribution in [3.63, 3.8) is 0 Å². The van der Waals surface area contributed by atoms with E-state index in [-0.39, 0.29) is 43.2 Å². The van der Waals surface area contributed by atoms with Gasteiger partial charge in [-0.25, -0.2) is 4.98 Å². The number of hydrogen-bond donors (Lipinski definition) is 4. The first-order valence-electron chi connectivity index (χ1n) is 13.1. The molecule has 1 aromatic carbocycles. The molecule has 2 unspecified atom stereocenters. The molecule has 0 fully saturated rings. The Morgan fingerprint density at radius 2 is 1.95 bits per heavy atom. The van der Waals surface area contributed by atoms with Gasteiger partial charge in [-0.3, -0.25) is 9.59 Å². The summed E-state index contributed by atoms with van der Waals surface area (Å²) in [4.78, 5) is 35.4. The fourth-order valence-electron chi connectivity index (χ4n) is 4.37. The number of carbonyl (C=O) groups excluding carboxylic acids is 2. The van der Waals surface area contributed by atoms with E-state index in [1.165, 1.54) is 18.2 Å². The van der Waals surface area contributed by atoms with Crippen molar-refractivity contribution < 1.29 is 36.9 Å². The van der Waals surface area contributed by atoms with Gasteiger partial charge in [0.25, 0.3) is 11.8 Å². The summed E-state index contributed by atoms with van der Waals surface area (Å²) in [5.74, 6) is -1.53. The highest BCUT2D eigenvalue weighted by Crippen LogP contribution is 2.43. The third kappa shape index (κ3) is 6.56. The number of benzene rings is 1. The van der Waals surface area contributed by atoms with Gasteiger partial charge in [0.05, 0.1) is 12.0 Å². The number of aliphatic hydroxyl groups excluding tert-OH is 1. The molecule has 12 nitrogen and oxygen atoms in total. The molecule has 224 valence electrons. The molecule has 3 heterocycles. The highest BCUT2D eigenvalue weighted by molar-refractivity contribution is 5.85. The number of nitrogens with zero attached hydrogens (tertiary/aromatic N) is 4. The van der Waals surface area contributed by atoms with E-state index >= 15 is 0 Å². The van der Waals surface area contributed by atoms with E-state index in [1.807, 2.05) is 0 Å². The van der Waals surface area contributed by atoms with Crippen LogP contribution in [-0.2, 0) is 27.7 Å². The Morgan fingerprint density at radius 1 is 1.16 bits per heavy atom. The Hall–Kier alpha value is -5.05. The lowest BCUT2D eigenvalue weighted by molar-refractivity contribution is -0.137. The van der Waals surface area contributed by atoms with Crippen molar-refractivity contribution in [3.8, 4) is 22.9 Å².